The summed E-state index contributed by atoms with van der Waals surface area (Å²) in [6.07, 6.45) is 6.21. The summed E-state index contributed by atoms with van der Waals surface area (Å²) in [6, 6.07) is 18.5. The zero-order chi connectivity index (χ0) is 32.6. The molecule has 2 N–H and O–H groups in total. The summed E-state index contributed by atoms with van der Waals surface area (Å²) in [5.41, 5.74) is 5.31. The number of carbonyl (C=O) groups excluding carboxylic acids is 1. The lowest BCUT2D eigenvalue weighted by molar-refractivity contribution is -0.111. The van der Waals surface area contributed by atoms with Crippen LogP contribution in [0.1, 0.15) is 5.56 Å². The molecule has 6 heterocycles. The number of ether oxygens (including phenoxy) is 2. The second-order valence-electron chi connectivity index (χ2n) is 11.8. The van der Waals surface area contributed by atoms with Crippen LogP contribution in [0.25, 0.3) is 26.3 Å². The van der Waals surface area contributed by atoms with Gasteiger partial charge in [-0.1, -0.05) is 12.6 Å². The number of nitrogens with zero attached hydrogens (tertiary/aromatic N) is 7. The molecule has 12 nitrogen and oxygen atoms in total. The van der Waals surface area contributed by atoms with Crippen LogP contribution >= 0.6 is 11.3 Å². The van der Waals surface area contributed by atoms with Gasteiger partial charge in [-0.3, -0.25) is 9.69 Å². The maximum absolute atomic E-state index is 12.5. The summed E-state index contributed by atoms with van der Waals surface area (Å²) in [7, 11) is 0. The number of hydrogen-bond acceptors (Lipinski definition) is 11. The monoisotopic (exact) mass is 659 g/mol. The second kappa shape index (κ2) is 12.7. The SMILES string of the molecule is C=CC(=O)Nc1cc(-c2cc3c(Nc4ccc(Oc5ccn6ncnc6c5)c(C)c4)ncnc3s2)ccc1N1CCN(C2COC2)CC1. The van der Waals surface area contributed by atoms with Gasteiger partial charge in [-0.2, -0.15) is 5.10 Å². The van der Waals surface area contributed by atoms with Gasteiger partial charge in [0.2, 0.25) is 5.91 Å². The van der Waals surface area contributed by atoms with E-state index in [-0.39, 0.29) is 5.91 Å². The van der Waals surface area contributed by atoms with Gasteiger partial charge in [-0.15, -0.1) is 11.3 Å². The maximum Gasteiger partial charge on any atom is 0.247 e. The Balaban J connectivity index is 1.03. The van der Waals surface area contributed by atoms with E-state index in [1.54, 1.807) is 22.2 Å². The van der Waals surface area contributed by atoms with Gasteiger partial charge in [-0.25, -0.2) is 19.5 Å². The van der Waals surface area contributed by atoms with E-state index >= 15 is 0 Å². The van der Waals surface area contributed by atoms with Crippen LogP contribution in [0.4, 0.5) is 22.9 Å². The summed E-state index contributed by atoms with van der Waals surface area (Å²) in [4.78, 5) is 32.6. The van der Waals surface area contributed by atoms with Crippen LogP contribution < -0.4 is 20.3 Å². The largest absolute Gasteiger partial charge is 0.457 e. The molecule has 1 amide bonds. The molecule has 2 fully saturated rings. The van der Waals surface area contributed by atoms with Crippen LogP contribution in [0.3, 0.4) is 0 Å². The lowest BCUT2D eigenvalue weighted by atomic mass is 10.1. The fourth-order valence-corrected chi connectivity index (χ4v) is 7.07. The molecule has 0 aliphatic carbocycles. The van der Waals surface area contributed by atoms with Gasteiger partial charge in [0.1, 0.15) is 34.8 Å². The van der Waals surface area contributed by atoms with E-state index in [1.165, 1.54) is 12.4 Å². The van der Waals surface area contributed by atoms with Crippen molar-refractivity contribution in [3.8, 4) is 21.9 Å². The van der Waals surface area contributed by atoms with Crippen molar-refractivity contribution >= 4 is 56.0 Å². The van der Waals surface area contributed by atoms with Crippen molar-refractivity contribution < 1.29 is 14.3 Å². The highest BCUT2D eigenvalue weighted by molar-refractivity contribution is 7.21. The van der Waals surface area contributed by atoms with E-state index in [0.29, 0.717) is 23.3 Å². The van der Waals surface area contributed by atoms with Crippen molar-refractivity contribution in [2.75, 3.05) is 54.9 Å². The Morgan fingerprint density at radius 2 is 1.90 bits per heavy atom. The lowest BCUT2D eigenvalue weighted by Crippen LogP contribution is -2.56. The van der Waals surface area contributed by atoms with Gasteiger partial charge < -0.3 is 25.0 Å². The highest BCUT2D eigenvalue weighted by Crippen LogP contribution is 2.39. The smallest absolute Gasteiger partial charge is 0.247 e. The van der Waals surface area contributed by atoms with Gasteiger partial charge in [0.15, 0.2) is 5.65 Å². The molecule has 0 saturated carbocycles. The van der Waals surface area contributed by atoms with E-state index in [1.807, 2.05) is 49.5 Å². The Labute approximate surface area is 280 Å². The Hall–Kier alpha value is -5.37. The van der Waals surface area contributed by atoms with E-state index in [4.69, 9.17) is 9.47 Å². The number of anilines is 4. The van der Waals surface area contributed by atoms with Crippen molar-refractivity contribution in [1.29, 1.82) is 0 Å². The highest BCUT2D eigenvalue weighted by Gasteiger charge is 2.29. The molecule has 0 atom stereocenters. The summed E-state index contributed by atoms with van der Waals surface area (Å²) in [5, 5.41) is 11.6. The van der Waals surface area contributed by atoms with Crippen molar-refractivity contribution in [2.24, 2.45) is 0 Å². The molecule has 48 heavy (non-hydrogen) atoms. The van der Waals surface area contributed by atoms with Gasteiger partial charge in [0.05, 0.1) is 36.0 Å². The van der Waals surface area contributed by atoms with Crippen LogP contribution in [-0.2, 0) is 9.53 Å². The summed E-state index contributed by atoms with van der Waals surface area (Å²) < 4.78 is 13.2. The van der Waals surface area contributed by atoms with Crippen molar-refractivity contribution in [2.45, 2.75) is 13.0 Å². The molecular weight excluding hydrogens is 627 g/mol. The van der Waals surface area contributed by atoms with Crippen LogP contribution in [0.15, 0.2) is 86.1 Å². The number of aromatic nitrogens is 5. The predicted octanol–water partition coefficient (Wildman–Crippen LogP) is 5.89. The molecule has 0 radical (unpaired) electrons. The number of rotatable bonds is 9. The van der Waals surface area contributed by atoms with Gasteiger partial charge in [-0.05, 0) is 66.6 Å². The molecule has 2 saturated heterocycles. The van der Waals surface area contributed by atoms with Crippen molar-refractivity contribution in [1.82, 2.24) is 29.5 Å². The molecule has 4 aromatic heterocycles. The normalized spacial score (nSPS) is 15.4. The standard InChI is InChI=1S/C35H33N9O3S/c1-3-33(45)41-28-15-23(4-6-29(28)43-12-10-42(11-13-43)25-18-46-19-25)31-17-27-34(37-20-38-35(27)48-31)40-24-5-7-30(22(2)14-24)47-26-8-9-44-32(16-26)36-21-39-44/h3-9,14-17,20-21,25H,1,10-13,18-19H2,2H3,(H,41,45)(H,37,38,40). The van der Waals surface area contributed by atoms with Crippen LogP contribution in [0.2, 0.25) is 0 Å². The zero-order valence-electron chi connectivity index (χ0n) is 26.3. The Morgan fingerprint density at radius 3 is 2.69 bits per heavy atom. The molecule has 2 aliphatic rings. The summed E-state index contributed by atoms with van der Waals surface area (Å²) in [5.74, 6) is 1.90. The number of nitrogens with one attached hydrogen (secondary N) is 2. The van der Waals surface area contributed by atoms with E-state index < -0.39 is 0 Å². The number of fused-ring (bicyclic) bond motifs is 2. The third-order valence-electron chi connectivity index (χ3n) is 8.76. The number of thiophene rings is 1. The van der Waals surface area contributed by atoms with E-state index in [2.05, 4.69) is 65.3 Å². The number of piperazine rings is 1. The number of benzene rings is 2. The van der Waals surface area contributed by atoms with E-state index in [9.17, 15) is 4.79 Å². The van der Waals surface area contributed by atoms with Gasteiger partial charge in [0, 0.05) is 49.0 Å². The molecule has 8 rings (SSSR count). The summed E-state index contributed by atoms with van der Waals surface area (Å²) in [6.45, 7) is 11.0. The number of aryl methyl sites for hydroxylation is 1. The first-order valence-electron chi connectivity index (χ1n) is 15.7. The number of hydrogen-bond donors (Lipinski definition) is 2. The fraction of sp³-hybridized carbons (Fsp3) is 0.229. The minimum Gasteiger partial charge on any atom is -0.457 e. The first-order chi connectivity index (χ1) is 23.5. The van der Waals surface area contributed by atoms with Crippen LogP contribution in [-0.4, -0.2) is 80.8 Å². The lowest BCUT2D eigenvalue weighted by Gasteiger charge is -2.43. The molecule has 0 bridgehead atoms. The molecule has 2 aliphatic heterocycles. The molecule has 13 heteroatoms. The van der Waals surface area contributed by atoms with Gasteiger partial charge in [0.25, 0.3) is 0 Å². The average Bonchev–Trinajstić information content (AvgIpc) is 3.73. The minimum atomic E-state index is -0.240. The number of carbonyl (C=O) groups is 1. The topological polar surface area (TPSA) is 122 Å². The van der Waals surface area contributed by atoms with E-state index in [0.717, 1.165) is 88.4 Å². The molecule has 242 valence electrons. The maximum atomic E-state index is 12.5. The van der Waals surface area contributed by atoms with Crippen molar-refractivity contribution in [3.05, 3.63) is 91.7 Å². The third kappa shape index (κ3) is 5.94. The molecule has 0 unspecified atom stereocenters. The number of pyridine rings is 1. The second-order valence-corrected chi connectivity index (χ2v) is 12.9. The number of amides is 1. The fourth-order valence-electron chi connectivity index (χ4n) is 6.07. The Kier molecular flexibility index (Phi) is 7.92. The molecule has 6 aromatic rings. The van der Waals surface area contributed by atoms with Crippen molar-refractivity contribution in [3.63, 3.8) is 0 Å². The highest BCUT2D eigenvalue weighted by atomic mass is 32.1. The molecular formula is C35H33N9O3S. The first-order valence-corrected chi connectivity index (χ1v) is 16.6. The van der Waals surface area contributed by atoms with Crippen LogP contribution in [0, 0.1) is 6.92 Å². The quantitative estimate of drug-likeness (QED) is 0.182. The minimum absolute atomic E-state index is 0.240. The van der Waals surface area contributed by atoms with Crippen LogP contribution in [0.5, 0.6) is 11.5 Å². The Bertz CT molecular complexity index is 2150. The Morgan fingerprint density at radius 1 is 1.02 bits per heavy atom. The predicted molar refractivity (Wildman–Crippen MR) is 188 cm³/mol. The molecule has 0 spiro atoms. The zero-order valence-corrected chi connectivity index (χ0v) is 27.1. The first kappa shape index (κ1) is 30.0. The molecule has 2 aromatic carbocycles. The average molecular weight is 660 g/mol. The third-order valence-corrected chi connectivity index (χ3v) is 9.86. The van der Waals surface area contributed by atoms with Gasteiger partial charge >= 0.3 is 0 Å². The summed E-state index contributed by atoms with van der Waals surface area (Å²) >= 11 is 1.58.